The second-order valence-corrected chi connectivity index (χ2v) is 10.5. The van der Waals surface area contributed by atoms with Gasteiger partial charge in [-0.3, -0.25) is 4.79 Å². The number of rotatable bonds is 8. The quantitative estimate of drug-likeness (QED) is 0.0787. The number of nitrogens with one attached hydrogen (secondary N) is 2. The van der Waals surface area contributed by atoms with Gasteiger partial charge in [-0.25, -0.2) is 10.2 Å². The van der Waals surface area contributed by atoms with E-state index in [1.165, 1.54) is 6.21 Å². The summed E-state index contributed by atoms with van der Waals surface area (Å²) in [6, 6.07) is 22.5. The summed E-state index contributed by atoms with van der Waals surface area (Å²) >= 11 is 19.3. The Balaban J connectivity index is 1.40. The van der Waals surface area contributed by atoms with Gasteiger partial charge in [0.2, 0.25) is 0 Å². The summed E-state index contributed by atoms with van der Waals surface area (Å²) in [7, 11) is 0. The van der Waals surface area contributed by atoms with E-state index in [2.05, 4.69) is 15.5 Å². The van der Waals surface area contributed by atoms with Crippen molar-refractivity contribution in [3.05, 3.63) is 116 Å². The number of hydrogen-bond acceptors (Lipinski definition) is 5. The summed E-state index contributed by atoms with van der Waals surface area (Å²) in [5, 5.41) is 5.99. The lowest BCUT2D eigenvalue weighted by atomic mass is 10.0. The molecule has 7 nitrogen and oxygen atoms in total. The number of fused-ring (bicyclic) bond motifs is 1. The van der Waals surface area contributed by atoms with Crippen LogP contribution in [0, 0.1) is 6.92 Å². The molecule has 0 saturated heterocycles. The Morgan fingerprint density at radius 3 is 2.50 bits per heavy atom. The fraction of sp³-hybridized carbons (Fsp3) is 0.0938. The van der Waals surface area contributed by atoms with Gasteiger partial charge in [0.05, 0.1) is 23.4 Å². The molecule has 212 valence electrons. The molecular formula is C32H24Cl3N3O4. The second kappa shape index (κ2) is 12.7. The molecule has 1 amide bonds. The Morgan fingerprint density at radius 1 is 0.929 bits per heavy atom. The SMILES string of the molecule is CCOc1cc(C=NNC(=O)c2[nH]c3cc(Cl)cc(Cl)c3c2-c2ccccc2Cl)ccc1OC(=O)c1cccc(C)c1. The van der Waals surface area contributed by atoms with Crippen molar-refractivity contribution in [3.63, 3.8) is 0 Å². The highest BCUT2D eigenvalue weighted by Gasteiger charge is 2.23. The summed E-state index contributed by atoms with van der Waals surface area (Å²) in [6.45, 7) is 4.07. The molecule has 0 saturated carbocycles. The summed E-state index contributed by atoms with van der Waals surface area (Å²) < 4.78 is 11.3. The van der Waals surface area contributed by atoms with Gasteiger partial charge in [0, 0.05) is 32.1 Å². The number of aryl methyl sites for hydroxylation is 1. The highest BCUT2D eigenvalue weighted by atomic mass is 35.5. The van der Waals surface area contributed by atoms with E-state index >= 15 is 0 Å². The molecule has 0 radical (unpaired) electrons. The molecule has 0 aliphatic carbocycles. The maximum absolute atomic E-state index is 13.4. The second-order valence-electron chi connectivity index (χ2n) is 9.26. The molecule has 42 heavy (non-hydrogen) atoms. The van der Waals surface area contributed by atoms with Crippen molar-refractivity contribution in [2.45, 2.75) is 13.8 Å². The van der Waals surface area contributed by atoms with Crippen LogP contribution in [0.3, 0.4) is 0 Å². The van der Waals surface area contributed by atoms with Crippen LogP contribution in [0.4, 0.5) is 0 Å². The van der Waals surface area contributed by atoms with Gasteiger partial charge in [-0.05, 0) is 67.9 Å². The Hall–Kier alpha value is -4.30. The van der Waals surface area contributed by atoms with Crippen molar-refractivity contribution in [1.29, 1.82) is 0 Å². The van der Waals surface area contributed by atoms with Crippen molar-refractivity contribution in [3.8, 4) is 22.6 Å². The zero-order chi connectivity index (χ0) is 29.8. The van der Waals surface area contributed by atoms with Crippen molar-refractivity contribution < 1.29 is 19.1 Å². The first-order chi connectivity index (χ1) is 20.2. The smallest absolute Gasteiger partial charge is 0.343 e. The van der Waals surface area contributed by atoms with Crippen molar-refractivity contribution in [2.75, 3.05) is 6.61 Å². The van der Waals surface area contributed by atoms with Gasteiger partial charge in [0.25, 0.3) is 5.91 Å². The molecule has 0 atom stereocenters. The van der Waals surface area contributed by atoms with Crippen LogP contribution in [0.25, 0.3) is 22.0 Å². The van der Waals surface area contributed by atoms with E-state index in [1.54, 1.807) is 66.7 Å². The number of benzene rings is 4. The lowest BCUT2D eigenvalue weighted by Crippen LogP contribution is -2.19. The number of H-pyrrole nitrogens is 1. The van der Waals surface area contributed by atoms with E-state index < -0.39 is 11.9 Å². The number of ether oxygens (including phenoxy) is 2. The Morgan fingerprint density at radius 2 is 1.74 bits per heavy atom. The number of carbonyl (C=O) groups is 2. The number of hydrogen-bond donors (Lipinski definition) is 2. The third-order valence-corrected chi connectivity index (χ3v) is 7.13. The van der Waals surface area contributed by atoms with Gasteiger partial charge in [-0.2, -0.15) is 5.10 Å². The Labute approximate surface area is 257 Å². The molecule has 2 N–H and O–H groups in total. The molecule has 0 spiro atoms. The molecule has 10 heteroatoms. The van der Waals surface area contributed by atoms with Gasteiger partial charge in [-0.1, -0.05) is 70.7 Å². The van der Waals surface area contributed by atoms with Crippen LogP contribution in [-0.2, 0) is 0 Å². The molecule has 1 aromatic heterocycles. The van der Waals surface area contributed by atoms with E-state index in [4.69, 9.17) is 44.3 Å². The fourth-order valence-corrected chi connectivity index (χ4v) is 5.28. The van der Waals surface area contributed by atoms with E-state index in [1.807, 2.05) is 26.0 Å². The number of esters is 1. The van der Waals surface area contributed by atoms with Crippen molar-refractivity contribution in [1.82, 2.24) is 10.4 Å². The number of amides is 1. The predicted octanol–water partition coefficient (Wildman–Crippen LogP) is 8.49. The lowest BCUT2D eigenvalue weighted by molar-refractivity contribution is 0.0728. The van der Waals surface area contributed by atoms with Crippen molar-refractivity contribution in [2.24, 2.45) is 5.10 Å². The van der Waals surface area contributed by atoms with Crippen LogP contribution in [0.5, 0.6) is 11.5 Å². The predicted molar refractivity (Wildman–Crippen MR) is 168 cm³/mol. The normalized spacial score (nSPS) is 11.2. The number of hydrazone groups is 1. The average Bonchev–Trinajstić information content (AvgIpc) is 3.34. The summed E-state index contributed by atoms with van der Waals surface area (Å²) in [5.41, 5.74) is 6.48. The van der Waals surface area contributed by atoms with Crippen molar-refractivity contribution >= 4 is 63.8 Å². The van der Waals surface area contributed by atoms with Crippen LogP contribution in [0.1, 0.15) is 38.9 Å². The van der Waals surface area contributed by atoms with Crippen LogP contribution < -0.4 is 14.9 Å². The number of aromatic nitrogens is 1. The standard InChI is InChI=1S/C32H24Cl3N3O4/c1-3-41-27-14-19(11-12-26(27)42-32(40)20-8-6-7-18(2)13-20)17-36-38-31(39)30-28(22-9-4-5-10-23(22)34)29-24(35)15-21(33)16-25(29)37-30/h4-17,37H,3H2,1-2H3,(H,38,39). The lowest BCUT2D eigenvalue weighted by Gasteiger charge is -2.11. The molecule has 5 rings (SSSR count). The van der Waals surface area contributed by atoms with Crippen LogP contribution >= 0.6 is 34.8 Å². The van der Waals surface area contributed by atoms with Crippen LogP contribution in [-0.4, -0.2) is 29.7 Å². The van der Waals surface area contributed by atoms with Gasteiger partial charge in [0.15, 0.2) is 11.5 Å². The topological polar surface area (TPSA) is 92.8 Å². The third kappa shape index (κ3) is 6.29. The maximum Gasteiger partial charge on any atom is 0.343 e. The fourth-order valence-electron chi connectivity index (χ4n) is 4.46. The zero-order valence-electron chi connectivity index (χ0n) is 22.5. The maximum atomic E-state index is 13.4. The first kappa shape index (κ1) is 29.2. The van der Waals surface area contributed by atoms with Gasteiger partial charge in [-0.15, -0.1) is 0 Å². The molecule has 0 aliphatic heterocycles. The minimum Gasteiger partial charge on any atom is -0.490 e. The molecule has 0 unspecified atom stereocenters. The average molecular weight is 621 g/mol. The number of halogens is 3. The van der Waals surface area contributed by atoms with Gasteiger partial charge < -0.3 is 14.5 Å². The molecule has 0 fully saturated rings. The van der Waals surface area contributed by atoms with E-state index in [0.717, 1.165) is 5.56 Å². The van der Waals surface area contributed by atoms with Gasteiger partial charge >= 0.3 is 5.97 Å². The highest BCUT2D eigenvalue weighted by molar-refractivity contribution is 6.41. The molecule has 4 aromatic carbocycles. The van der Waals surface area contributed by atoms with E-state index in [-0.39, 0.29) is 11.4 Å². The Kier molecular flexibility index (Phi) is 8.83. The minimum absolute atomic E-state index is 0.216. The summed E-state index contributed by atoms with van der Waals surface area (Å²) in [4.78, 5) is 29.1. The van der Waals surface area contributed by atoms with E-state index in [0.29, 0.717) is 60.6 Å². The van der Waals surface area contributed by atoms with E-state index in [9.17, 15) is 9.59 Å². The Bertz CT molecular complexity index is 1850. The number of aromatic amines is 1. The zero-order valence-corrected chi connectivity index (χ0v) is 24.8. The third-order valence-electron chi connectivity index (χ3n) is 6.29. The van der Waals surface area contributed by atoms with Gasteiger partial charge in [0.1, 0.15) is 5.69 Å². The minimum atomic E-state index is -0.515. The largest absolute Gasteiger partial charge is 0.490 e. The highest BCUT2D eigenvalue weighted by Crippen LogP contribution is 2.41. The van der Waals surface area contributed by atoms with Crippen LogP contribution in [0.2, 0.25) is 15.1 Å². The van der Waals surface area contributed by atoms with Crippen LogP contribution in [0.15, 0.2) is 84.0 Å². The molecule has 5 aromatic rings. The monoisotopic (exact) mass is 619 g/mol. The molecule has 0 bridgehead atoms. The summed E-state index contributed by atoms with van der Waals surface area (Å²) in [5.74, 6) is -0.389. The number of carbonyl (C=O) groups excluding carboxylic acids is 2. The molecule has 0 aliphatic rings. The first-order valence-electron chi connectivity index (χ1n) is 12.9. The summed E-state index contributed by atoms with van der Waals surface area (Å²) in [6.07, 6.45) is 1.45. The molecular weight excluding hydrogens is 597 g/mol. The number of nitrogens with zero attached hydrogens (tertiary/aromatic N) is 1. The molecule has 1 heterocycles. The first-order valence-corrected chi connectivity index (χ1v) is 14.0.